The Bertz CT molecular complexity index is 548. The van der Waals surface area contributed by atoms with E-state index in [0.717, 1.165) is 30.0 Å². The van der Waals surface area contributed by atoms with Crippen LogP contribution in [0.5, 0.6) is 0 Å². The Kier molecular flexibility index (Phi) is 3.71. The average molecular weight is 290 g/mol. The van der Waals surface area contributed by atoms with Crippen molar-refractivity contribution < 1.29 is 4.92 Å². The van der Waals surface area contributed by atoms with Crippen molar-refractivity contribution in [2.45, 2.75) is 25.7 Å². The number of nitro groups is 1. The second kappa shape index (κ2) is 5.52. The lowest BCUT2D eigenvalue weighted by Gasteiger charge is -2.28. The van der Waals surface area contributed by atoms with Crippen molar-refractivity contribution >= 4 is 17.1 Å². The first-order valence-corrected chi connectivity index (χ1v) is 7.54. The van der Waals surface area contributed by atoms with E-state index in [1.54, 1.807) is 6.07 Å². The maximum Gasteiger partial charge on any atom is 0.273 e. The van der Waals surface area contributed by atoms with E-state index in [2.05, 4.69) is 10.3 Å². The molecule has 0 radical (unpaired) electrons. The van der Waals surface area contributed by atoms with Crippen molar-refractivity contribution in [3.05, 3.63) is 28.3 Å². The molecule has 2 saturated carbocycles. The molecule has 6 heteroatoms. The highest BCUT2D eigenvalue weighted by atomic mass is 16.6. The number of nitrogen functional groups attached to an aromatic ring is 1. The van der Waals surface area contributed by atoms with Gasteiger partial charge in [0.15, 0.2) is 0 Å². The summed E-state index contributed by atoms with van der Waals surface area (Å²) in [5.74, 6) is 7.90. The van der Waals surface area contributed by atoms with Crippen molar-refractivity contribution in [3.63, 3.8) is 0 Å². The summed E-state index contributed by atoms with van der Waals surface area (Å²) in [4.78, 5) is 12.8. The number of hydrazine groups is 1. The Balaban J connectivity index is 1.75. The Hall–Kier alpha value is -1.82. The van der Waals surface area contributed by atoms with E-state index in [9.17, 15) is 10.1 Å². The van der Waals surface area contributed by atoms with Gasteiger partial charge in [0, 0.05) is 31.4 Å². The summed E-state index contributed by atoms with van der Waals surface area (Å²) in [6.45, 7) is 0.965. The number of hydrogen-bond donors (Lipinski definition) is 2. The number of nitro benzene ring substituents is 1. The third-order valence-electron chi connectivity index (χ3n) is 5.11. The molecular formula is C15H22N4O2. The molecule has 21 heavy (non-hydrogen) atoms. The maximum atomic E-state index is 11.0. The summed E-state index contributed by atoms with van der Waals surface area (Å²) in [5.41, 5.74) is 3.99. The highest BCUT2D eigenvalue weighted by Gasteiger charge is 2.39. The molecule has 3 N–H and O–H groups in total. The molecule has 114 valence electrons. The number of fused-ring (bicyclic) bond motifs is 2. The number of non-ortho nitro benzene ring substituents is 1. The van der Waals surface area contributed by atoms with Crippen molar-refractivity contribution in [1.29, 1.82) is 0 Å². The third kappa shape index (κ3) is 2.81. The number of nitrogens with zero attached hydrogens (tertiary/aromatic N) is 2. The molecular weight excluding hydrogens is 268 g/mol. The van der Waals surface area contributed by atoms with Crippen LogP contribution in [0.2, 0.25) is 0 Å². The molecule has 3 rings (SSSR count). The van der Waals surface area contributed by atoms with Crippen LogP contribution in [0.15, 0.2) is 18.2 Å². The fourth-order valence-corrected chi connectivity index (χ4v) is 4.06. The first-order valence-electron chi connectivity index (χ1n) is 7.54. The number of nitrogens with one attached hydrogen (secondary N) is 1. The molecule has 0 aromatic heterocycles. The van der Waals surface area contributed by atoms with Gasteiger partial charge in [-0.1, -0.05) is 6.42 Å². The van der Waals surface area contributed by atoms with Crippen LogP contribution in [0.3, 0.4) is 0 Å². The minimum absolute atomic E-state index is 0.0697. The quantitative estimate of drug-likeness (QED) is 0.495. The van der Waals surface area contributed by atoms with E-state index in [4.69, 9.17) is 5.84 Å². The van der Waals surface area contributed by atoms with Crippen LogP contribution < -0.4 is 16.2 Å². The highest BCUT2D eigenvalue weighted by Crippen LogP contribution is 2.48. The molecule has 1 aromatic rings. The Morgan fingerprint density at radius 3 is 2.76 bits per heavy atom. The molecule has 2 fully saturated rings. The lowest BCUT2D eigenvalue weighted by molar-refractivity contribution is -0.384. The van der Waals surface area contributed by atoms with E-state index < -0.39 is 0 Å². The molecule has 3 atom stereocenters. The molecule has 6 nitrogen and oxygen atoms in total. The van der Waals surface area contributed by atoms with E-state index in [-0.39, 0.29) is 10.6 Å². The summed E-state index contributed by atoms with van der Waals surface area (Å²) in [5, 5.41) is 11.0. The molecule has 1 aromatic carbocycles. The van der Waals surface area contributed by atoms with Gasteiger partial charge < -0.3 is 10.3 Å². The van der Waals surface area contributed by atoms with Gasteiger partial charge >= 0.3 is 0 Å². The molecule has 2 aliphatic carbocycles. The number of anilines is 2. The minimum Gasteiger partial charge on any atom is -0.374 e. The Labute approximate surface area is 124 Å². The fourth-order valence-electron chi connectivity index (χ4n) is 4.06. The number of rotatable bonds is 5. The van der Waals surface area contributed by atoms with E-state index >= 15 is 0 Å². The highest BCUT2D eigenvalue weighted by molar-refractivity contribution is 5.64. The average Bonchev–Trinajstić information content (AvgIpc) is 3.09. The zero-order chi connectivity index (χ0) is 15.0. The first kappa shape index (κ1) is 14.1. The molecule has 2 bridgehead atoms. The van der Waals surface area contributed by atoms with Gasteiger partial charge in [-0.05, 0) is 43.1 Å². The minimum atomic E-state index is -0.379. The molecule has 0 amide bonds. The second-order valence-corrected chi connectivity index (χ2v) is 6.45. The predicted octanol–water partition coefficient (Wildman–Crippen LogP) is 2.75. The van der Waals surface area contributed by atoms with Gasteiger partial charge in [-0.25, -0.2) is 0 Å². The fraction of sp³-hybridized carbons (Fsp3) is 0.600. The van der Waals surface area contributed by atoms with Gasteiger partial charge in [-0.15, -0.1) is 0 Å². The van der Waals surface area contributed by atoms with Crippen LogP contribution in [0, 0.1) is 27.9 Å². The topological polar surface area (TPSA) is 84.4 Å². The van der Waals surface area contributed by atoms with Gasteiger partial charge in [-0.2, -0.15) is 0 Å². The van der Waals surface area contributed by atoms with Crippen LogP contribution in [0.4, 0.5) is 17.1 Å². The van der Waals surface area contributed by atoms with Crippen molar-refractivity contribution in [1.82, 2.24) is 0 Å². The molecule has 0 spiro atoms. The largest absolute Gasteiger partial charge is 0.374 e. The zero-order valence-electron chi connectivity index (χ0n) is 12.3. The van der Waals surface area contributed by atoms with Crippen LogP contribution >= 0.6 is 0 Å². The number of hydrogen-bond acceptors (Lipinski definition) is 5. The lowest BCUT2D eigenvalue weighted by Crippen LogP contribution is -2.28. The third-order valence-corrected chi connectivity index (χ3v) is 5.11. The standard InChI is InChI=1S/C15H22N4O2/c1-18(9-12-5-10-2-3-11(12)4-10)14-6-13(17-16)7-15(8-14)19(20)21/h6-8,10-12,17H,2-5,9,16H2,1H3. The van der Waals surface area contributed by atoms with Crippen LogP contribution in [-0.4, -0.2) is 18.5 Å². The smallest absolute Gasteiger partial charge is 0.273 e. The maximum absolute atomic E-state index is 11.0. The summed E-state index contributed by atoms with van der Waals surface area (Å²) in [6.07, 6.45) is 5.44. The van der Waals surface area contributed by atoms with Crippen molar-refractivity contribution in [3.8, 4) is 0 Å². The molecule has 0 aliphatic heterocycles. The van der Waals surface area contributed by atoms with Crippen LogP contribution in [0.1, 0.15) is 25.7 Å². The molecule has 3 unspecified atom stereocenters. The normalized spacial score (nSPS) is 26.9. The van der Waals surface area contributed by atoms with Crippen molar-refractivity contribution in [2.24, 2.45) is 23.6 Å². The first-order chi connectivity index (χ1) is 10.1. The Morgan fingerprint density at radius 1 is 1.38 bits per heavy atom. The van der Waals surface area contributed by atoms with Gasteiger partial charge in [0.2, 0.25) is 0 Å². The monoisotopic (exact) mass is 290 g/mol. The summed E-state index contributed by atoms with van der Waals surface area (Å²) < 4.78 is 0. The SMILES string of the molecule is CN(CC1CC2CCC1C2)c1cc(NN)cc([N+](=O)[O-])c1. The number of benzene rings is 1. The van der Waals surface area contributed by atoms with Crippen LogP contribution in [-0.2, 0) is 0 Å². The molecule has 0 saturated heterocycles. The van der Waals surface area contributed by atoms with Gasteiger partial charge in [0.25, 0.3) is 5.69 Å². The zero-order valence-corrected chi connectivity index (χ0v) is 12.3. The van der Waals surface area contributed by atoms with E-state index in [1.807, 2.05) is 13.1 Å². The summed E-state index contributed by atoms with van der Waals surface area (Å²) >= 11 is 0. The summed E-state index contributed by atoms with van der Waals surface area (Å²) in [6, 6.07) is 4.93. The number of nitrogens with two attached hydrogens (primary N) is 1. The summed E-state index contributed by atoms with van der Waals surface area (Å²) in [7, 11) is 2.01. The van der Waals surface area contributed by atoms with E-state index in [1.165, 1.54) is 31.7 Å². The van der Waals surface area contributed by atoms with E-state index in [0.29, 0.717) is 5.69 Å². The van der Waals surface area contributed by atoms with Crippen molar-refractivity contribution in [2.75, 3.05) is 23.9 Å². The van der Waals surface area contributed by atoms with Gasteiger partial charge in [0.05, 0.1) is 10.6 Å². The second-order valence-electron chi connectivity index (χ2n) is 6.45. The predicted molar refractivity (Wildman–Crippen MR) is 83.1 cm³/mol. The lowest BCUT2D eigenvalue weighted by atomic mass is 9.88. The molecule has 0 heterocycles. The van der Waals surface area contributed by atoms with Gasteiger partial charge in [-0.3, -0.25) is 16.0 Å². The Morgan fingerprint density at radius 2 is 2.19 bits per heavy atom. The molecule has 2 aliphatic rings. The van der Waals surface area contributed by atoms with Gasteiger partial charge in [0.1, 0.15) is 0 Å². The van der Waals surface area contributed by atoms with Crippen LogP contribution in [0.25, 0.3) is 0 Å².